The molecular weight excluding hydrogens is 306 g/mol. The van der Waals surface area contributed by atoms with Gasteiger partial charge in [0.15, 0.2) is 5.13 Å². The number of piperidine rings is 1. The van der Waals surface area contributed by atoms with Crippen LogP contribution in [0.15, 0.2) is 18.6 Å². The molecule has 1 aliphatic rings. The van der Waals surface area contributed by atoms with Crippen molar-refractivity contribution < 1.29 is 0 Å². The third-order valence-corrected chi connectivity index (χ3v) is 4.68. The summed E-state index contributed by atoms with van der Waals surface area (Å²) >= 11 is 1.60. The number of aryl methyl sites for hydroxylation is 1. The number of nitrogens with two attached hydrogens (primary N) is 1. The van der Waals surface area contributed by atoms with Crippen LogP contribution in [0.5, 0.6) is 0 Å². The number of hydrogen-bond donors (Lipinski definition) is 1. The third-order valence-electron chi connectivity index (χ3n) is 3.87. The zero-order chi connectivity index (χ0) is 13.9. The topological polar surface area (TPSA) is 60.0 Å². The first-order chi connectivity index (χ1) is 9.69. The Morgan fingerprint density at radius 1 is 1.33 bits per heavy atom. The number of anilines is 1. The van der Waals surface area contributed by atoms with Crippen molar-refractivity contribution in [2.45, 2.75) is 32.9 Å². The molecule has 0 spiro atoms. The van der Waals surface area contributed by atoms with Gasteiger partial charge < -0.3 is 5.73 Å². The highest BCUT2D eigenvalue weighted by Crippen LogP contribution is 2.23. The number of nitrogens with zero attached hydrogens (tertiary/aromatic N) is 4. The maximum absolute atomic E-state index is 5.67. The molecule has 1 saturated heterocycles. The van der Waals surface area contributed by atoms with Gasteiger partial charge in [0.05, 0.1) is 6.20 Å². The third kappa shape index (κ3) is 4.43. The Labute approximate surface area is 135 Å². The predicted molar refractivity (Wildman–Crippen MR) is 88.7 cm³/mol. The van der Waals surface area contributed by atoms with E-state index in [0.717, 1.165) is 32.1 Å². The molecule has 0 saturated carbocycles. The van der Waals surface area contributed by atoms with Gasteiger partial charge in [-0.15, -0.1) is 23.7 Å². The second kappa shape index (κ2) is 7.24. The minimum absolute atomic E-state index is 0. The van der Waals surface area contributed by atoms with Crippen molar-refractivity contribution in [3.8, 4) is 0 Å². The Morgan fingerprint density at radius 2 is 2.10 bits per heavy atom. The summed E-state index contributed by atoms with van der Waals surface area (Å²) < 4.78 is 2.08. The molecule has 0 radical (unpaired) electrons. The first-order valence-corrected chi connectivity index (χ1v) is 7.92. The molecule has 1 aliphatic heterocycles. The molecule has 2 aromatic heterocycles. The second-order valence-electron chi connectivity index (χ2n) is 5.62. The van der Waals surface area contributed by atoms with Crippen LogP contribution in [0.3, 0.4) is 0 Å². The highest BCUT2D eigenvalue weighted by atomic mass is 35.5. The average molecular weight is 328 g/mol. The van der Waals surface area contributed by atoms with Gasteiger partial charge in [-0.25, -0.2) is 4.98 Å². The molecule has 5 nitrogen and oxygen atoms in total. The first-order valence-electron chi connectivity index (χ1n) is 7.10. The van der Waals surface area contributed by atoms with E-state index < -0.39 is 0 Å². The van der Waals surface area contributed by atoms with Crippen LogP contribution in [0.4, 0.5) is 5.13 Å². The van der Waals surface area contributed by atoms with Crippen LogP contribution in [-0.4, -0.2) is 32.8 Å². The van der Waals surface area contributed by atoms with Crippen molar-refractivity contribution in [1.82, 2.24) is 19.7 Å². The molecule has 2 N–H and O–H groups in total. The van der Waals surface area contributed by atoms with Crippen LogP contribution in [-0.2, 0) is 13.1 Å². The summed E-state index contributed by atoms with van der Waals surface area (Å²) in [6.45, 7) is 6.44. The Morgan fingerprint density at radius 3 is 2.67 bits per heavy atom. The summed E-state index contributed by atoms with van der Waals surface area (Å²) in [6.07, 6.45) is 8.45. The monoisotopic (exact) mass is 327 g/mol. The largest absolute Gasteiger partial charge is 0.375 e. The lowest BCUT2D eigenvalue weighted by molar-refractivity contribution is 0.165. The standard InChI is InChI=1S/C14H21N5S.ClH/c1-11-6-17-19(8-11)9-12-2-4-18(5-3-12)10-13-7-16-14(15)20-13;/h6-8,12H,2-5,9-10H2,1H3,(H2,15,16);1H. The zero-order valence-corrected chi connectivity index (χ0v) is 13.9. The fourth-order valence-electron chi connectivity index (χ4n) is 2.77. The van der Waals surface area contributed by atoms with Gasteiger partial charge in [-0.05, 0) is 44.3 Å². The van der Waals surface area contributed by atoms with Gasteiger partial charge >= 0.3 is 0 Å². The summed E-state index contributed by atoms with van der Waals surface area (Å²) in [7, 11) is 0. The minimum atomic E-state index is 0. The Hall–Kier alpha value is -1.11. The van der Waals surface area contributed by atoms with Gasteiger partial charge in [0.2, 0.25) is 0 Å². The van der Waals surface area contributed by atoms with Gasteiger partial charge in [0.25, 0.3) is 0 Å². The van der Waals surface area contributed by atoms with E-state index in [1.165, 1.54) is 23.3 Å². The van der Waals surface area contributed by atoms with E-state index in [0.29, 0.717) is 5.13 Å². The van der Waals surface area contributed by atoms with E-state index in [1.54, 1.807) is 11.3 Å². The van der Waals surface area contributed by atoms with E-state index >= 15 is 0 Å². The molecule has 116 valence electrons. The molecular formula is C14H22ClN5S. The summed E-state index contributed by atoms with van der Waals surface area (Å²) in [5.41, 5.74) is 6.91. The molecule has 3 rings (SSSR count). The molecule has 0 amide bonds. The van der Waals surface area contributed by atoms with Crippen LogP contribution in [0.25, 0.3) is 0 Å². The van der Waals surface area contributed by atoms with E-state index in [2.05, 4.69) is 32.8 Å². The molecule has 0 unspecified atom stereocenters. The molecule has 2 aromatic rings. The van der Waals surface area contributed by atoms with Gasteiger partial charge in [-0.1, -0.05) is 0 Å². The summed E-state index contributed by atoms with van der Waals surface area (Å²) in [5, 5.41) is 5.05. The van der Waals surface area contributed by atoms with Crippen molar-refractivity contribution in [2.24, 2.45) is 5.92 Å². The van der Waals surface area contributed by atoms with Crippen LogP contribution >= 0.6 is 23.7 Å². The number of rotatable bonds is 4. The molecule has 0 aliphatic carbocycles. The average Bonchev–Trinajstić information content (AvgIpc) is 3.01. The Bertz CT molecular complexity index is 509. The highest BCUT2D eigenvalue weighted by Gasteiger charge is 2.20. The fourth-order valence-corrected chi connectivity index (χ4v) is 3.50. The van der Waals surface area contributed by atoms with Crippen molar-refractivity contribution in [1.29, 1.82) is 0 Å². The molecule has 3 heterocycles. The minimum Gasteiger partial charge on any atom is -0.375 e. The number of halogens is 1. The molecule has 21 heavy (non-hydrogen) atoms. The van der Waals surface area contributed by atoms with Gasteiger partial charge in [0, 0.05) is 30.4 Å². The fraction of sp³-hybridized carbons (Fsp3) is 0.571. The molecule has 0 bridgehead atoms. The zero-order valence-electron chi connectivity index (χ0n) is 12.2. The number of hydrogen-bond acceptors (Lipinski definition) is 5. The van der Waals surface area contributed by atoms with Crippen LogP contribution in [0, 0.1) is 12.8 Å². The Balaban J connectivity index is 0.00000161. The number of aromatic nitrogens is 3. The summed E-state index contributed by atoms with van der Waals surface area (Å²) in [4.78, 5) is 7.88. The first kappa shape index (κ1) is 16.3. The van der Waals surface area contributed by atoms with Crippen LogP contribution in [0.1, 0.15) is 23.3 Å². The maximum atomic E-state index is 5.67. The number of thiazole rings is 1. The van der Waals surface area contributed by atoms with Crippen molar-refractivity contribution in [3.63, 3.8) is 0 Å². The smallest absolute Gasteiger partial charge is 0.180 e. The summed E-state index contributed by atoms with van der Waals surface area (Å²) in [5.74, 6) is 0.747. The lowest BCUT2D eigenvalue weighted by atomic mass is 9.97. The van der Waals surface area contributed by atoms with Crippen molar-refractivity contribution in [2.75, 3.05) is 18.8 Å². The van der Waals surface area contributed by atoms with E-state index in [9.17, 15) is 0 Å². The molecule has 1 fully saturated rings. The number of likely N-dealkylation sites (tertiary alicyclic amines) is 1. The number of nitrogen functional groups attached to an aromatic ring is 1. The van der Waals surface area contributed by atoms with E-state index in [4.69, 9.17) is 5.73 Å². The Kier molecular flexibility index (Phi) is 5.61. The quantitative estimate of drug-likeness (QED) is 0.937. The normalized spacial score (nSPS) is 16.8. The summed E-state index contributed by atoms with van der Waals surface area (Å²) in [6, 6.07) is 0. The second-order valence-corrected chi connectivity index (χ2v) is 6.77. The van der Waals surface area contributed by atoms with Gasteiger partial charge in [-0.3, -0.25) is 9.58 Å². The van der Waals surface area contributed by atoms with Gasteiger partial charge in [-0.2, -0.15) is 5.10 Å². The maximum Gasteiger partial charge on any atom is 0.180 e. The van der Waals surface area contributed by atoms with Crippen molar-refractivity contribution >= 4 is 28.9 Å². The molecule has 0 aromatic carbocycles. The lowest BCUT2D eigenvalue weighted by Crippen LogP contribution is -2.34. The molecule has 7 heteroatoms. The highest BCUT2D eigenvalue weighted by molar-refractivity contribution is 7.15. The van der Waals surface area contributed by atoms with Gasteiger partial charge in [0.1, 0.15) is 0 Å². The van der Waals surface area contributed by atoms with Crippen LogP contribution in [0.2, 0.25) is 0 Å². The van der Waals surface area contributed by atoms with Crippen LogP contribution < -0.4 is 5.73 Å². The SMILES string of the molecule is Cc1cnn(CC2CCN(Cc3cnc(N)s3)CC2)c1.Cl. The lowest BCUT2D eigenvalue weighted by Gasteiger charge is -2.31. The van der Waals surface area contributed by atoms with E-state index in [1.807, 2.05) is 12.4 Å². The predicted octanol–water partition coefficient (Wildman–Crippen LogP) is 2.56. The van der Waals surface area contributed by atoms with Crippen molar-refractivity contribution in [3.05, 3.63) is 29.0 Å². The van der Waals surface area contributed by atoms with E-state index in [-0.39, 0.29) is 12.4 Å². The molecule has 0 atom stereocenters.